The van der Waals surface area contributed by atoms with E-state index in [9.17, 15) is 0 Å². The molecule has 0 aromatic carbocycles. The molecule has 1 aromatic rings. The number of aryl methyl sites for hydroxylation is 1. The van der Waals surface area contributed by atoms with Crippen molar-refractivity contribution in [3.05, 3.63) is 22.4 Å². The van der Waals surface area contributed by atoms with Gasteiger partial charge in [0, 0.05) is 0 Å². The fraction of sp³-hybridized carbons (Fsp3) is 0.600. The zero-order valence-electron chi connectivity index (χ0n) is 8.18. The first-order valence-corrected chi connectivity index (χ1v) is 5.20. The van der Waals surface area contributed by atoms with Crippen molar-refractivity contribution in [2.45, 2.75) is 39.0 Å². The molecule has 1 aromatic heterocycles. The van der Waals surface area contributed by atoms with Crippen LogP contribution in [0.2, 0.25) is 0 Å². The molecule has 0 aliphatic rings. The van der Waals surface area contributed by atoms with Crippen molar-refractivity contribution >= 4 is 34.4 Å². The monoisotopic (exact) mass is 270 g/mol. The molecule has 3 heteroatoms. The van der Waals surface area contributed by atoms with Crippen LogP contribution in [0.5, 0.6) is 0 Å². The molecular formula is C10H15BrMgS. The van der Waals surface area contributed by atoms with Crippen molar-refractivity contribution < 1.29 is 17.0 Å². The van der Waals surface area contributed by atoms with E-state index in [2.05, 4.69) is 18.4 Å². The van der Waals surface area contributed by atoms with E-state index in [-0.39, 0.29) is 40.0 Å². The number of hydrogen-bond donors (Lipinski definition) is 0. The number of halogens is 1. The van der Waals surface area contributed by atoms with E-state index in [0.29, 0.717) is 0 Å². The number of thiophene rings is 1. The number of rotatable bonds is 5. The largest absolute Gasteiger partial charge is 2.00 e. The molecule has 0 aliphatic carbocycles. The van der Waals surface area contributed by atoms with Crippen molar-refractivity contribution in [1.82, 2.24) is 0 Å². The van der Waals surface area contributed by atoms with Crippen molar-refractivity contribution in [3.63, 3.8) is 0 Å². The summed E-state index contributed by atoms with van der Waals surface area (Å²) in [6.45, 7) is 2.25. The topological polar surface area (TPSA) is 0 Å². The zero-order chi connectivity index (χ0) is 7.94. The second-order valence-electron chi connectivity index (χ2n) is 2.83. The van der Waals surface area contributed by atoms with Gasteiger partial charge in [-0.15, -0.1) is 10.3 Å². The van der Waals surface area contributed by atoms with Crippen molar-refractivity contribution in [2.75, 3.05) is 0 Å². The summed E-state index contributed by atoms with van der Waals surface area (Å²) in [5, 5.41) is 3.11. The Kier molecular flexibility index (Phi) is 13.9. The van der Waals surface area contributed by atoms with E-state index < -0.39 is 0 Å². The quantitative estimate of drug-likeness (QED) is 0.410. The first-order chi connectivity index (χ1) is 5.43. The second-order valence-corrected chi connectivity index (χ2v) is 3.79. The molecule has 0 aliphatic heterocycles. The summed E-state index contributed by atoms with van der Waals surface area (Å²) in [5.74, 6) is 0. The smallest absolute Gasteiger partial charge is 1.00 e. The van der Waals surface area contributed by atoms with Gasteiger partial charge in [-0.1, -0.05) is 39.0 Å². The third kappa shape index (κ3) is 7.98. The Morgan fingerprint density at radius 1 is 1.31 bits per heavy atom. The molecule has 0 saturated carbocycles. The van der Waals surface area contributed by atoms with E-state index in [1.165, 1.54) is 37.0 Å². The van der Waals surface area contributed by atoms with Crippen LogP contribution in [0.3, 0.4) is 0 Å². The van der Waals surface area contributed by atoms with Gasteiger partial charge in [-0.25, -0.2) is 6.07 Å². The summed E-state index contributed by atoms with van der Waals surface area (Å²) < 4.78 is 0. The maximum atomic E-state index is 3.11. The summed E-state index contributed by atoms with van der Waals surface area (Å²) in [6, 6.07) is 4.19. The van der Waals surface area contributed by atoms with E-state index in [0.717, 1.165) is 0 Å². The maximum Gasteiger partial charge on any atom is 2.00 e. The van der Waals surface area contributed by atoms with Crippen LogP contribution in [0, 0.1) is 5.38 Å². The third-order valence-corrected chi connectivity index (χ3v) is 2.66. The SMILES string of the molecule is CCCCCCc1cc[c-]s1.[Br-].[Mg+2]. The minimum absolute atomic E-state index is 0. The van der Waals surface area contributed by atoms with Gasteiger partial charge in [-0.05, 0) is 0 Å². The summed E-state index contributed by atoms with van der Waals surface area (Å²) in [6.07, 6.45) is 6.70. The van der Waals surface area contributed by atoms with Crippen molar-refractivity contribution in [3.8, 4) is 0 Å². The molecular weight excluding hydrogens is 256 g/mol. The predicted octanol–water partition coefficient (Wildman–Crippen LogP) is 0.294. The summed E-state index contributed by atoms with van der Waals surface area (Å²) in [5.41, 5.74) is 0. The third-order valence-electron chi connectivity index (χ3n) is 1.80. The van der Waals surface area contributed by atoms with Gasteiger partial charge in [-0.3, -0.25) is 0 Å². The minimum Gasteiger partial charge on any atom is -1.00 e. The molecule has 0 saturated heterocycles. The Balaban J connectivity index is 0. The van der Waals surface area contributed by atoms with E-state index >= 15 is 0 Å². The average molecular weight is 272 g/mol. The van der Waals surface area contributed by atoms with Crippen LogP contribution in [-0.4, -0.2) is 23.1 Å². The van der Waals surface area contributed by atoms with E-state index in [4.69, 9.17) is 0 Å². The first-order valence-electron chi connectivity index (χ1n) is 4.38. The van der Waals surface area contributed by atoms with Crippen LogP contribution < -0.4 is 17.0 Å². The van der Waals surface area contributed by atoms with E-state index in [1.54, 1.807) is 11.3 Å². The van der Waals surface area contributed by atoms with Crippen LogP contribution in [0.4, 0.5) is 0 Å². The summed E-state index contributed by atoms with van der Waals surface area (Å²) in [4.78, 5) is 1.49. The molecule has 0 N–H and O–H groups in total. The Morgan fingerprint density at radius 3 is 2.62 bits per heavy atom. The molecule has 0 unspecified atom stereocenters. The molecule has 0 amide bonds. The molecule has 0 radical (unpaired) electrons. The normalized spacial score (nSPS) is 8.69. The van der Waals surface area contributed by atoms with Gasteiger partial charge < -0.3 is 28.3 Å². The van der Waals surface area contributed by atoms with Crippen LogP contribution in [-0.2, 0) is 6.42 Å². The minimum atomic E-state index is 0. The molecule has 0 fully saturated rings. The summed E-state index contributed by atoms with van der Waals surface area (Å²) >= 11 is 1.76. The molecule has 0 nitrogen and oxygen atoms in total. The maximum absolute atomic E-state index is 3.11. The van der Waals surface area contributed by atoms with E-state index in [1.807, 2.05) is 6.07 Å². The Hall–Kier alpha value is 0.946. The predicted molar refractivity (Wildman–Crippen MR) is 56.8 cm³/mol. The van der Waals surface area contributed by atoms with Gasteiger partial charge in [0.15, 0.2) is 0 Å². The molecule has 1 rings (SSSR count). The van der Waals surface area contributed by atoms with Gasteiger partial charge in [0.25, 0.3) is 0 Å². The average Bonchev–Trinajstić information content (AvgIpc) is 2.50. The van der Waals surface area contributed by atoms with Gasteiger partial charge in [0.05, 0.1) is 0 Å². The Bertz CT molecular complexity index is 175. The standard InChI is InChI=1S/C10H15S.BrH.Mg/c1-2-3-4-5-7-10-8-6-9-11-10;;/h6,8H,2-5,7H2,1H3;1H;/q-1;;+2/p-1. The summed E-state index contributed by atoms with van der Waals surface area (Å²) in [7, 11) is 0. The van der Waals surface area contributed by atoms with Crippen LogP contribution in [0.25, 0.3) is 0 Å². The van der Waals surface area contributed by atoms with Gasteiger partial charge in [-0.2, -0.15) is 6.07 Å². The number of hydrogen-bond acceptors (Lipinski definition) is 1. The number of unbranched alkanes of at least 4 members (excludes halogenated alkanes) is 3. The molecule has 1 heterocycles. The fourth-order valence-electron chi connectivity index (χ4n) is 1.13. The first kappa shape index (κ1) is 16.4. The molecule has 0 spiro atoms. The molecule has 0 atom stereocenters. The van der Waals surface area contributed by atoms with Crippen LogP contribution in [0.15, 0.2) is 12.1 Å². The molecule has 0 bridgehead atoms. The van der Waals surface area contributed by atoms with Crippen molar-refractivity contribution in [1.29, 1.82) is 0 Å². The molecule has 70 valence electrons. The van der Waals surface area contributed by atoms with Crippen LogP contribution in [0.1, 0.15) is 37.5 Å². The zero-order valence-corrected chi connectivity index (χ0v) is 12.0. The van der Waals surface area contributed by atoms with Crippen molar-refractivity contribution in [2.24, 2.45) is 0 Å². The van der Waals surface area contributed by atoms with Gasteiger partial charge in [0.2, 0.25) is 0 Å². The van der Waals surface area contributed by atoms with Gasteiger partial charge in [0.1, 0.15) is 0 Å². The Morgan fingerprint density at radius 2 is 2.08 bits per heavy atom. The van der Waals surface area contributed by atoms with Crippen LogP contribution >= 0.6 is 11.3 Å². The second kappa shape index (κ2) is 11.0. The van der Waals surface area contributed by atoms with Gasteiger partial charge >= 0.3 is 23.1 Å². The fourth-order valence-corrected chi connectivity index (χ4v) is 1.80. The molecule has 13 heavy (non-hydrogen) atoms. The Labute approximate surface area is 112 Å².